The molecule has 1 aromatic rings. The molecule has 1 unspecified atom stereocenters. The predicted molar refractivity (Wildman–Crippen MR) is 76.2 cm³/mol. The molecule has 1 amide bonds. The smallest absolute Gasteiger partial charge is 0.407 e. The molecule has 1 atom stereocenters. The summed E-state index contributed by atoms with van der Waals surface area (Å²) in [5.74, 6) is 0.562. The fourth-order valence-corrected chi connectivity index (χ4v) is 2.05. The molecule has 0 saturated carbocycles. The number of aromatic nitrogens is 3. The van der Waals surface area contributed by atoms with Crippen molar-refractivity contribution in [3.8, 4) is 6.01 Å². The maximum absolute atomic E-state index is 11.2. The third-order valence-electron chi connectivity index (χ3n) is 2.94. The van der Waals surface area contributed by atoms with Gasteiger partial charge in [0, 0.05) is 13.1 Å². The molecule has 2 heterocycles. The predicted octanol–water partition coefficient (Wildman–Crippen LogP) is 0.176. The number of alkyl carbamates (subject to hydrolysis) is 1. The molecule has 0 bridgehead atoms. The Morgan fingerprint density at radius 3 is 2.86 bits per heavy atom. The Labute approximate surface area is 122 Å². The molecular weight excluding hydrogens is 276 g/mol. The first kappa shape index (κ1) is 15.1. The minimum absolute atomic E-state index is 0.00935. The van der Waals surface area contributed by atoms with E-state index >= 15 is 0 Å². The third-order valence-corrected chi connectivity index (χ3v) is 2.94. The summed E-state index contributed by atoms with van der Waals surface area (Å²) in [6.07, 6.45) is 0.286. The molecule has 0 aromatic carbocycles. The SMILES string of the molecule is COC(=O)NC1CCN(c2nc(N)nc(OC(C)C)n2)C1. The summed E-state index contributed by atoms with van der Waals surface area (Å²) in [4.78, 5) is 25.4. The van der Waals surface area contributed by atoms with Crippen LogP contribution in [0.25, 0.3) is 0 Å². The molecule has 116 valence electrons. The second kappa shape index (κ2) is 6.42. The molecule has 1 saturated heterocycles. The molecule has 21 heavy (non-hydrogen) atoms. The average molecular weight is 296 g/mol. The zero-order chi connectivity index (χ0) is 15.4. The molecule has 0 aliphatic carbocycles. The van der Waals surface area contributed by atoms with E-state index in [-0.39, 0.29) is 24.1 Å². The second-order valence-electron chi connectivity index (χ2n) is 5.01. The molecule has 0 radical (unpaired) electrons. The minimum atomic E-state index is -0.444. The molecule has 1 fully saturated rings. The van der Waals surface area contributed by atoms with Gasteiger partial charge >= 0.3 is 12.1 Å². The highest BCUT2D eigenvalue weighted by molar-refractivity contribution is 5.67. The maximum Gasteiger partial charge on any atom is 0.407 e. The van der Waals surface area contributed by atoms with Gasteiger partial charge in [0.1, 0.15) is 0 Å². The van der Waals surface area contributed by atoms with E-state index in [2.05, 4.69) is 25.0 Å². The molecule has 2 rings (SSSR count). The number of hydrogen-bond donors (Lipinski definition) is 2. The van der Waals surface area contributed by atoms with Crippen LogP contribution in [0.4, 0.5) is 16.7 Å². The number of rotatable bonds is 4. The van der Waals surface area contributed by atoms with Gasteiger partial charge < -0.3 is 25.4 Å². The number of carbonyl (C=O) groups is 1. The first-order chi connectivity index (χ1) is 9.97. The molecule has 9 nitrogen and oxygen atoms in total. The van der Waals surface area contributed by atoms with E-state index in [1.54, 1.807) is 0 Å². The van der Waals surface area contributed by atoms with Crippen LogP contribution in [0.2, 0.25) is 0 Å². The summed E-state index contributed by atoms with van der Waals surface area (Å²) in [5, 5.41) is 2.75. The van der Waals surface area contributed by atoms with Crippen molar-refractivity contribution in [1.29, 1.82) is 0 Å². The van der Waals surface area contributed by atoms with Gasteiger partial charge in [0.15, 0.2) is 0 Å². The van der Waals surface area contributed by atoms with Crippen molar-refractivity contribution >= 4 is 18.0 Å². The van der Waals surface area contributed by atoms with Crippen molar-refractivity contribution in [3.05, 3.63) is 0 Å². The number of methoxy groups -OCH3 is 1. The van der Waals surface area contributed by atoms with Crippen LogP contribution in [0.3, 0.4) is 0 Å². The van der Waals surface area contributed by atoms with Gasteiger partial charge in [0.05, 0.1) is 19.3 Å². The minimum Gasteiger partial charge on any atom is -0.461 e. The van der Waals surface area contributed by atoms with E-state index in [1.807, 2.05) is 18.7 Å². The lowest BCUT2D eigenvalue weighted by atomic mass is 10.3. The van der Waals surface area contributed by atoms with Crippen molar-refractivity contribution in [2.45, 2.75) is 32.4 Å². The van der Waals surface area contributed by atoms with Gasteiger partial charge in [-0.05, 0) is 20.3 Å². The van der Waals surface area contributed by atoms with Crippen LogP contribution in [0.5, 0.6) is 6.01 Å². The number of nitrogens with two attached hydrogens (primary N) is 1. The number of anilines is 2. The van der Waals surface area contributed by atoms with E-state index in [0.29, 0.717) is 19.0 Å². The Hall–Kier alpha value is -2.32. The normalized spacial score (nSPS) is 17.9. The van der Waals surface area contributed by atoms with Gasteiger partial charge in [-0.15, -0.1) is 0 Å². The second-order valence-corrected chi connectivity index (χ2v) is 5.01. The average Bonchev–Trinajstić information content (AvgIpc) is 2.85. The Balaban J connectivity index is 2.05. The molecular formula is C12H20N6O3. The quantitative estimate of drug-likeness (QED) is 0.808. The highest BCUT2D eigenvalue weighted by Gasteiger charge is 2.26. The summed E-state index contributed by atoms with van der Waals surface area (Å²) < 4.78 is 10.0. The van der Waals surface area contributed by atoms with Crippen LogP contribution in [0, 0.1) is 0 Å². The number of amides is 1. The van der Waals surface area contributed by atoms with Crippen LogP contribution < -0.4 is 20.7 Å². The largest absolute Gasteiger partial charge is 0.461 e. The van der Waals surface area contributed by atoms with E-state index in [1.165, 1.54) is 7.11 Å². The number of hydrogen-bond acceptors (Lipinski definition) is 8. The number of nitrogens with one attached hydrogen (secondary N) is 1. The van der Waals surface area contributed by atoms with Gasteiger partial charge in [0.2, 0.25) is 11.9 Å². The van der Waals surface area contributed by atoms with Gasteiger partial charge in [0.25, 0.3) is 0 Å². The van der Waals surface area contributed by atoms with Gasteiger partial charge in [-0.1, -0.05) is 0 Å². The monoisotopic (exact) mass is 296 g/mol. The molecule has 0 spiro atoms. The van der Waals surface area contributed by atoms with Crippen molar-refractivity contribution in [2.24, 2.45) is 0 Å². The zero-order valence-electron chi connectivity index (χ0n) is 12.4. The van der Waals surface area contributed by atoms with E-state index in [9.17, 15) is 4.79 Å². The van der Waals surface area contributed by atoms with Crippen LogP contribution in [0.15, 0.2) is 0 Å². The van der Waals surface area contributed by atoms with Crippen LogP contribution >= 0.6 is 0 Å². The van der Waals surface area contributed by atoms with Crippen LogP contribution in [-0.4, -0.2) is 53.4 Å². The van der Waals surface area contributed by atoms with Crippen molar-refractivity contribution in [3.63, 3.8) is 0 Å². The standard InChI is InChI=1S/C12H20N6O3/c1-7(2)21-11-16-9(13)15-10(17-11)18-5-4-8(6-18)14-12(19)20-3/h7-8H,4-6H2,1-3H3,(H,14,19)(H2,13,15,16,17). The summed E-state index contributed by atoms with van der Waals surface area (Å²) >= 11 is 0. The Morgan fingerprint density at radius 2 is 2.19 bits per heavy atom. The third kappa shape index (κ3) is 4.07. The highest BCUT2D eigenvalue weighted by atomic mass is 16.5. The molecule has 1 aromatic heterocycles. The molecule has 3 N–H and O–H groups in total. The lowest BCUT2D eigenvalue weighted by Crippen LogP contribution is -2.37. The number of carbonyl (C=O) groups excluding carboxylic acids is 1. The van der Waals surface area contributed by atoms with Gasteiger partial charge in [-0.25, -0.2) is 4.79 Å². The number of ether oxygens (including phenoxy) is 2. The fraction of sp³-hybridized carbons (Fsp3) is 0.667. The van der Waals surface area contributed by atoms with Crippen molar-refractivity contribution in [1.82, 2.24) is 20.3 Å². The Morgan fingerprint density at radius 1 is 1.43 bits per heavy atom. The molecule has 9 heteroatoms. The zero-order valence-corrected chi connectivity index (χ0v) is 12.4. The first-order valence-corrected chi connectivity index (χ1v) is 6.75. The maximum atomic E-state index is 11.2. The van der Waals surface area contributed by atoms with Gasteiger partial charge in [-0.3, -0.25) is 0 Å². The Kier molecular flexibility index (Phi) is 4.61. The molecule has 1 aliphatic rings. The van der Waals surface area contributed by atoms with Crippen molar-refractivity contribution < 1.29 is 14.3 Å². The van der Waals surface area contributed by atoms with E-state index in [0.717, 1.165) is 6.42 Å². The summed E-state index contributed by atoms with van der Waals surface area (Å²) in [6.45, 7) is 5.05. The van der Waals surface area contributed by atoms with Crippen LogP contribution in [0.1, 0.15) is 20.3 Å². The topological polar surface area (TPSA) is 115 Å². The van der Waals surface area contributed by atoms with Crippen LogP contribution in [-0.2, 0) is 4.74 Å². The Bertz CT molecular complexity index is 510. The summed E-state index contributed by atoms with van der Waals surface area (Å²) in [6, 6.07) is 0.196. The van der Waals surface area contributed by atoms with Crippen molar-refractivity contribution in [2.75, 3.05) is 30.8 Å². The van der Waals surface area contributed by atoms with Gasteiger partial charge in [-0.2, -0.15) is 15.0 Å². The number of nitrogens with zero attached hydrogens (tertiary/aromatic N) is 4. The highest BCUT2D eigenvalue weighted by Crippen LogP contribution is 2.19. The van der Waals surface area contributed by atoms with E-state index < -0.39 is 6.09 Å². The lowest BCUT2D eigenvalue weighted by molar-refractivity contribution is 0.167. The molecule has 1 aliphatic heterocycles. The lowest BCUT2D eigenvalue weighted by Gasteiger charge is -2.17. The first-order valence-electron chi connectivity index (χ1n) is 6.75. The van der Waals surface area contributed by atoms with E-state index in [4.69, 9.17) is 10.5 Å². The summed E-state index contributed by atoms with van der Waals surface area (Å²) in [5.41, 5.74) is 5.68. The summed E-state index contributed by atoms with van der Waals surface area (Å²) in [7, 11) is 1.34. The number of nitrogen functional groups attached to an aromatic ring is 1. The fourth-order valence-electron chi connectivity index (χ4n) is 2.05.